The fourth-order valence-corrected chi connectivity index (χ4v) is 6.53. The number of thioether (sulfide) groups is 1. The maximum Gasteiger partial charge on any atom is 0.256 e. The van der Waals surface area contributed by atoms with Gasteiger partial charge in [-0.25, -0.2) is 8.42 Å². The van der Waals surface area contributed by atoms with Crippen molar-refractivity contribution in [3.8, 4) is 5.75 Å². The SMILES string of the molecule is COc1ccc(NC(=O)c2ccccc2SCC2CCCO2)cc1S(=O)(=O)N1CCOCC1. The van der Waals surface area contributed by atoms with E-state index in [1.54, 1.807) is 30.0 Å². The maximum atomic E-state index is 13.2. The number of hydrogen-bond acceptors (Lipinski definition) is 7. The number of nitrogens with zero attached hydrogens (tertiary/aromatic N) is 1. The highest BCUT2D eigenvalue weighted by Crippen LogP contribution is 2.31. The molecule has 178 valence electrons. The number of ether oxygens (including phenoxy) is 3. The summed E-state index contributed by atoms with van der Waals surface area (Å²) in [5, 5.41) is 2.85. The molecular formula is C23H28N2O6S2. The van der Waals surface area contributed by atoms with Gasteiger partial charge in [-0.1, -0.05) is 12.1 Å². The molecule has 8 nitrogen and oxygen atoms in total. The van der Waals surface area contributed by atoms with Crippen LogP contribution in [0.15, 0.2) is 52.3 Å². The molecule has 1 N–H and O–H groups in total. The van der Waals surface area contributed by atoms with Crippen LogP contribution in [0.5, 0.6) is 5.75 Å². The summed E-state index contributed by atoms with van der Waals surface area (Å²) in [7, 11) is -2.37. The number of anilines is 1. The summed E-state index contributed by atoms with van der Waals surface area (Å²) in [6.07, 6.45) is 2.31. The van der Waals surface area contributed by atoms with Crippen LogP contribution in [0.3, 0.4) is 0 Å². The van der Waals surface area contributed by atoms with Gasteiger partial charge in [0.15, 0.2) is 0 Å². The van der Waals surface area contributed by atoms with Crippen molar-refractivity contribution in [1.82, 2.24) is 4.31 Å². The van der Waals surface area contributed by atoms with Gasteiger partial charge in [0, 0.05) is 36.0 Å². The molecule has 2 heterocycles. The van der Waals surface area contributed by atoms with Crippen LogP contribution >= 0.6 is 11.8 Å². The highest BCUT2D eigenvalue weighted by Gasteiger charge is 2.30. The first-order chi connectivity index (χ1) is 16.0. The van der Waals surface area contributed by atoms with Gasteiger partial charge in [-0.2, -0.15) is 4.31 Å². The number of amides is 1. The Kier molecular flexibility index (Phi) is 7.92. The van der Waals surface area contributed by atoms with Crippen molar-refractivity contribution >= 4 is 33.4 Å². The van der Waals surface area contributed by atoms with E-state index in [2.05, 4.69) is 5.32 Å². The average molecular weight is 493 g/mol. The molecule has 4 rings (SSSR count). The summed E-state index contributed by atoms with van der Waals surface area (Å²) >= 11 is 1.60. The highest BCUT2D eigenvalue weighted by atomic mass is 32.2. The van der Waals surface area contributed by atoms with Gasteiger partial charge in [0.05, 0.1) is 32.0 Å². The first-order valence-corrected chi connectivity index (χ1v) is 13.3. The number of nitrogens with one attached hydrogen (secondary N) is 1. The molecule has 2 aliphatic heterocycles. The zero-order valence-corrected chi connectivity index (χ0v) is 20.1. The average Bonchev–Trinajstić information content (AvgIpc) is 3.37. The smallest absolute Gasteiger partial charge is 0.256 e. The van der Waals surface area contributed by atoms with E-state index in [0.717, 1.165) is 30.1 Å². The van der Waals surface area contributed by atoms with Crippen LogP contribution in [0.1, 0.15) is 23.2 Å². The summed E-state index contributed by atoms with van der Waals surface area (Å²) in [5.41, 5.74) is 0.917. The molecule has 33 heavy (non-hydrogen) atoms. The molecule has 0 bridgehead atoms. The van der Waals surface area contributed by atoms with Crippen molar-refractivity contribution in [2.75, 3.05) is 51.1 Å². The number of morpholine rings is 1. The lowest BCUT2D eigenvalue weighted by molar-refractivity contribution is 0.0729. The van der Waals surface area contributed by atoms with Crippen molar-refractivity contribution in [2.24, 2.45) is 0 Å². The van der Waals surface area contributed by atoms with Crippen LogP contribution in [-0.4, -0.2) is 70.5 Å². The molecule has 10 heteroatoms. The normalized spacial score (nSPS) is 19.4. The number of hydrogen-bond donors (Lipinski definition) is 1. The first kappa shape index (κ1) is 24.0. The molecule has 1 unspecified atom stereocenters. The molecule has 1 amide bonds. The van der Waals surface area contributed by atoms with Crippen LogP contribution in [0.2, 0.25) is 0 Å². The van der Waals surface area contributed by atoms with Crippen LogP contribution in [0, 0.1) is 0 Å². The Labute approximate surface area is 198 Å². The third kappa shape index (κ3) is 5.70. The van der Waals surface area contributed by atoms with Gasteiger partial charge in [-0.3, -0.25) is 4.79 Å². The zero-order chi connectivity index (χ0) is 23.3. The van der Waals surface area contributed by atoms with Gasteiger partial charge in [0.2, 0.25) is 10.0 Å². The van der Waals surface area contributed by atoms with Crippen LogP contribution < -0.4 is 10.1 Å². The number of benzene rings is 2. The lowest BCUT2D eigenvalue weighted by Gasteiger charge is -2.26. The van der Waals surface area contributed by atoms with Crippen molar-refractivity contribution in [3.63, 3.8) is 0 Å². The molecule has 1 atom stereocenters. The summed E-state index contributed by atoms with van der Waals surface area (Å²) in [6.45, 7) is 2.03. The van der Waals surface area contributed by atoms with Gasteiger partial charge < -0.3 is 19.5 Å². The van der Waals surface area contributed by atoms with E-state index in [4.69, 9.17) is 14.2 Å². The molecule has 0 saturated carbocycles. The van der Waals surface area contributed by atoms with E-state index >= 15 is 0 Å². The van der Waals surface area contributed by atoms with Crippen molar-refractivity contribution in [1.29, 1.82) is 0 Å². The number of sulfonamides is 1. The second-order valence-corrected chi connectivity index (χ2v) is 10.7. The quantitative estimate of drug-likeness (QED) is 0.566. The molecule has 2 fully saturated rings. The minimum absolute atomic E-state index is 0.0192. The van der Waals surface area contributed by atoms with Crippen molar-refractivity contribution in [3.05, 3.63) is 48.0 Å². The van der Waals surface area contributed by atoms with E-state index in [1.807, 2.05) is 18.2 Å². The van der Waals surface area contributed by atoms with Crippen molar-refractivity contribution < 1.29 is 27.4 Å². The monoisotopic (exact) mass is 492 g/mol. The van der Waals surface area contributed by atoms with Gasteiger partial charge in [-0.15, -0.1) is 11.8 Å². The van der Waals surface area contributed by atoms with Crippen LogP contribution in [-0.2, 0) is 19.5 Å². The number of carbonyl (C=O) groups is 1. The predicted molar refractivity (Wildman–Crippen MR) is 127 cm³/mol. The minimum atomic E-state index is -3.79. The Bertz CT molecular complexity index is 1080. The molecule has 0 radical (unpaired) electrons. The molecule has 0 spiro atoms. The third-order valence-electron chi connectivity index (χ3n) is 5.59. The van der Waals surface area contributed by atoms with Crippen LogP contribution in [0.25, 0.3) is 0 Å². The van der Waals surface area contributed by atoms with Crippen molar-refractivity contribution in [2.45, 2.75) is 28.7 Å². The minimum Gasteiger partial charge on any atom is -0.495 e. The predicted octanol–water partition coefficient (Wildman–Crippen LogP) is 3.24. The first-order valence-electron chi connectivity index (χ1n) is 10.9. The summed E-state index contributed by atoms with van der Waals surface area (Å²) in [5.74, 6) is 0.715. The van der Waals surface area contributed by atoms with E-state index in [1.165, 1.54) is 17.5 Å². The highest BCUT2D eigenvalue weighted by molar-refractivity contribution is 7.99. The van der Waals surface area contributed by atoms with E-state index < -0.39 is 10.0 Å². The molecule has 0 aromatic heterocycles. The second-order valence-electron chi connectivity index (χ2n) is 7.78. The lowest BCUT2D eigenvalue weighted by atomic mass is 10.2. The van der Waals surface area contributed by atoms with Gasteiger partial charge in [0.25, 0.3) is 5.91 Å². The fraction of sp³-hybridized carbons (Fsp3) is 0.435. The van der Waals surface area contributed by atoms with Gasteiger partial charge in [-0.05, 0) is 43.2 Å². The Hall–Kier alpha value is -2.11. The van der Waals surface area contributed by atoms with E-state index in [0.29, 0.717) is 24.5 Å². The van der Waals surface area contributed by atoms with Gasteiger partial charge in [0.1, 0.15) is 10.6 Å². The zero-order valence-electron chi connectivity index (χ0n) is 18.5. The van der Waals surface area contributed by atoms with E-state index in [9.17, 15) is 13.2 Å². The Morgan fingerprint density at radius 3 is 2.70 bits per heavy atom. The standard InChI is InChI=1S/C23H28N2O6S2/c1-29-20-9-8-17(15-22(20)33(27,28)25-10-13-30-14-11-25)24-23(26)19-6-2-3-7-21(19)32-16-18-5-4-12-31-18/h2-3,6-9,15,18H,4-5,10-14,16H2,1H3,(H,24,26). The Balaban J connectivity index is 1.53. The maximum absolute atomic E-state index is 13.2. The molecule has 2 aromatic carbocycles. The fourth-order valence-electron chi connectivity index (χ4n) is 3.82. The third-order valence-corrected chi connectivity index (χ3v) is 8.72. The molecule has 2 saturated heterocycles. The Morgan fingerprint density at radius 1 is 1.18 bits per heavy atom. The molecule has 2 aromatic rings. The Morgan fingerprint density at radius 2 is 1.97 bits per heavy atom. The summed E-state index contributed by atoms with van der Waals surface area (Å²) < 4.78 is 44.0. The summed E-state index contributed by atoms with van der Waals surface area (Å²) in [6, 6.07) is 12.0. The van der Waals surface area contributed by atoms with Crippen LogP contribution in [0.4, 0.5) is 5.69 Å². The number of carbonyl (C=O) groups excluding carboxylic acids is 1. The lowest BCUT2D eigenvalue weighted by Crippen LogP contribution is -2.40. The molecule has 0 aliphatic carbocycles. The summed E-state index contributed by atoms with van der Waals surface area (Å²) in [4.78, 5) is 14.0. The van der Waals surface area contributed by atoms with Gasteiger partial charge >= 0.3 is 0 Å². The molecule has 2 aliphatic rings. The molecular weight excluding hydrogens is 464 g/mol. The largest absolute Gasteiger partial charge is 0.495 e. The second kappa shape index (κ2) is 10.9. The number of rotatable bonds is 8. The topological polar surface area (TPSA) is 94.2 Å². The number of methoxy groups -OCH3 is 1. The van der Waals surface area contributed by atoms with E-state index in [-0.39, 0.29) is 35.7 Å².